The lowest BCUT2D eigenvalue weighted by atomic mass is 9.96. The Bertz CT molecular complexity index is 408. The zero-order valence-electron chi connectivity index (χ0n) is 12.5. The van der Waals surface area contributed by atoms with Gasteiger partial charge in [-0.05, 0) is 56.0 Å². The van der Waals surface area contributed by atoms with E-state index >= 15 is 0 Å². The molecular weight excluding hydrogens is 312 g/mol. The second-order valence-corrected chi connectivity index (χ2v) is 6.84. The average molecular weight is 339 g/mol. The number of nitrogens with two attached hydrogens (primary N) is 1. The molecule has 2 N–H and O–H groups in total. The van der Waals surface area contributed by atoms with Crippen LogP contribution in [0.4, 0.5) is 0 Å². The molecule has 0 aromatic heterocycles. The number of rotatable bonds is 5. The molecule has 0 spiro atoms. The lowest BCUT2D eigenvalue weighted by Gasteiger charge is -2.30. The normalized spacial score (nSPS) is 22.4. The van der Waals surface area contributed by atoms with Gasteiger partial charge in [0.15, 0.2) is 0 Å². The van der Waals surface area contributed by atoms with Gasteiger partial charge in [0.05, 0.1) is 0 Å². The maximum atomic E-state index is 6.07. The molecule has 20 heavy (non-hydrogen) atoms. The van der Waals surface area contributed by atoms with Gasteiger partial charge in [0.2, 0.25) is 0 Å². The predicted molar refractivity (Wildman–Crippen MR) is 89.8 cm³/mol. The van der Waals surface area contributed by atoms with E-state index in [9.17, 15) is 0 Å². The van der Waals surface area contributed by atoms with E-state index in [0.717, 1.165) is 10.4 Å². The summed E-state index contributed by atoms with van der Waals surface area (Å²) >= 11 is 3.57. The van der Waals surface area contributed by atoms with E-state index in [1.165, 1.54) is 50.8 Å². The highest BCUT2D eigenvalue weighted by atomic mass is 79.9. The molecule has 112 valence electrons. The molecule has 2 nitrogen and oxygen atoms in total. The summed E-state index contributed by atoms with van der Waals surface area (Å²) < 4.78 is 1.15. The lowest BCUT2D eigenvalue weighted by molar-refractivity contribution is 0.206. The molecule has 0 bridgehead atoms. The standard InChI is InChI=1S/C17H27BrN2/c1-2-5-14-6-4-10-20(11-9-14)17(13-19)15-7-3-8-16(18)12-15/h3,7-8,12,14,17H,2,4-6,9-11,13,19H2,1H3. The first-order chi connectivity index (χ1) is 9.74. The van der Waals surface area contributed by atoms with Gasteiger partial charge < -0.3 is 5.73 Å². The van der Waals surface area contributed by atoms with Crippen LogP contribution in [-0.2, 0) is 0 Å². The Hall–Kier alpha value is -0.380. The molecule has 1 aromatic rings. The largest absolute Gasteiger partial charge is 0.329 e. The van der Waals surface area contributed by atoms with E-state index in [-0.39, 0.29) is 0 Å². The zero-order valence-corrected chi connectivity index (χ0v) is 14.1. The van der Waals surface area contributed by atoms with Crippen LogP contribution in [0.15, 0.2) is 28.7 Å². The smallest absolute Gasteiger partial charge is 0.0470 e. The van der Waals surface area contributed by atoms with Gasteiger partial charge in [-0.2, -0.15) is 0 Å². The topological polar surface area (TPSA) is 29.3 Å². The fourth-order valence-corrected chi connectivity index (χ4v) is 3.82. The quantitative estimate of drug-likeness (QED) is 0.864. The Morgan fingerprint density at radius 1 is 1.35 bits per heavy atom. The molecule has 1 fully saturated rings. The molecule has 0 radical (unpaired) electrons. The molecule has 0 amide bonds. The molecule has 2 unspecified atom stereocenters. The van der Waals surface area contributed by atoms with E-state index in [0.29, 0.717) is 12.6 Å². The maximum Gasteiger partial charge on any atom is 0.0470 e. The van der Waals surface area contributed by atoms with Crippen LogP contribution < -0.4 is 5.73 Å². The van der Waals surface area contributed by atoms with E-state index in [4.69, 9.17) is 5.73 Å². The number of nitrogens with zero attached hydrogens (tertiary/aromatic N) is 1. The van der Waals surface area contributed by atoms with E-state index in [1.54, 1.807) is 0 Å². The highest BCUT2D eigenvalue weighted by Gasteiger charge is 2.23. The molecule has 1 aliphatic rings. The average Bonchev–Trinajstić information content (AvgIpc) is 2.66. The molecule has 1 aliphatic heterocycles. The lowest BCUT2D eigenvalue weighted by Crippen LogP contribution is -2.34. The number of hydrogen-bond donors (Lipinski definition) is 1. The summed E-state index contributed by atoms with van der Waals surface area (Å²) in [4.78, 5) is 2.59. The number of halogens is 1. The maximum absolute atomic E-state index is 6.07. The fraction of sp³-hybridized carbons (Fsp3) is 0.647. The third kappa shape index (κ3) is 4.31. The molecule has 0 saturated carbocycles. The molecule has 1 heterocycles. The minimum atomic E-state index is 0.368. The Morgan fingerprint density at radius 2 is 2.20 bits per heavy atom. The SMILES string of the molecule is CCCC1CCCN(C(CN)c2cccc(Br)c2)CC1. The minimum absolute atomic E-state index is 0.368. The van der Waals surface area contributed by atoms with Crippen molar-refractivity contribution in [3.05, 3.63) is 34.3 Å². The van der Waals surface area contributed by atoms with E-state index in [1.807, 2.05) is 0 Å². The van der Waals surface area contributed by atoms with Crippen LogP contribution in [0, 0.1) is 5.92 Å². The van der Waals surface area contributed by atoms with Gasteiger partial charge in [-0.3, -0.25) is 4.90 Å². The third-order valence-corrected chi connectivity index (χ3v) is 4.97. The van der Waals surface area contributed by atoms with Crippen LogP contribution in [0.25, 0.3) is 0 Å². The Balaban J connectivity index is 2.04. The Kier molecular flexibility index (Phi) is 6.53. The molecular formula is C17H27BrN2. The van der Waals surface area contributed by atoms with Crippen molar-refractivity contribution in [1.82, 2.24) is 4.90 Å². The van der Waals surface area contributed by atoms with Crippen molar-refractivity contribution in [3.8, 4) is 0 Å². The van der Waals surface area contributed by atoms with Gasteiger partial charge in [0.25, 0.3) is 0 Å². The number of hydrogen-bond acceptors (Lipinski definition) is 2. The number of benzene rings is 1. The summed E-state index contributed by atoms with van der Waals surface area (Å²) in [7, 11) is 0. The third-order valence-electron chi connectivity index (χ3n) is 4.48. The van der Waals surface area contributed by atoms with Crippen LogP contribution in [0.1, 0.15) is 50.6 Å². The van der Waals surface area contributed by atoms with Crippen molar-refractivity contribution in [1.29, 1.82) is 0 Å². The van der Waals surface area contributed by atoms with Gasteiger partial charge in [-0.25, -0.2) is 0 Å². The van der Waals surface area contributed by atoms with Crippen LogP contribution in [0.5, 0.6) is 0 Å². The van der Waals surface area contributed by atoms with Crippen LogP contribution in [-0.4, -0.2) is 24.5 Å². The summed E-state index contributed by atoms with van der Waals surface area (Å²) in [5.41, 5.74) is 7.42. The molecule has 1 aromatic carbocycles. The molecule has 3 heteroatoms. The van der Waals surface area contributed by atoms with Gasteiger partial charge in [0.1, 0.15) is 0 Å². The summed E-state index contributed by atoms with van der Waals surface area (Å²) in [5, 5.41) is 0. The van der Waals surface area contributed by atoms with Crippen molar-refractivity contribution in [2.24, 2.45) is 11.7 Å². The molecule has 2 rings (SSSR count). The van der Waals surface area contributed by atoms with Crippen LogP contribution in [0.3, 0.4) is 0 Å². The Labute approximate surface area is 131 Å². The highest BCUT2D eigenvalue weighted by Crippen LogP contribution is 2.28. The summed E-state index contributed by atoms with van der Waals surface area (Å²) in [6, 6.07) is 8.98. The minimum Gasteiger partial charge on any atom is -0.329 e. The van der Waals surface area contributed by atoms with Crippen molar-refractivity contribution < 1.29 is 0 Å². The van der Waals surface area contributed by atoms with E-state index in [2.05, 4.69) is 52.0 Å². The van der Waals surface area contributed by atoms with E-state index < -0.39 is 0 Å². The Morgan fingerprint density at radius 3 is 2.90 bits per heavy atom. The van der Waals surface area contributed by atoms with Crippen molar-refractivity contribution in [3.63, 3.8) is 0 Å². The summed E-state index contributed by atoms with van der Waals surface area (Å²) in [6.07, 6.45) is 6.74. The summed E-state index contributed by atoms with van der Waals surface area (Å²) in [6.45, 7) is 5.38. The summed E-state index contributed by atoms with van der Waals surface area (Å²) in [5.74, 6) is 0.922. The van der Waals surface area contributed by atoms with Crippen molar-refractivity contribution in [2.45, 2.75) is 45.1 Å². The fourth-order valence-electron chi connectivity index (χ4n) is 3.41. The van der Waals surface area contributed by atoms with Gasteiger partial charge >= 0.3 is 0 Å². The number of likely N-dealkylation sites (tertiary alicyclic amines) is 1. The second-order valence-electron chi connectivity index (χ2n) is 5.93. The van der Waals surface area contributed by atoms with Crippen molar-refractivity contribution >= 4 is 15.9 Å². The first-order valence-corrected chi connectivity index (χ1v) is 8.73. The predicted octanol–water partition coefficient (Wildman–Crippen LogP) is 4.35. The molecule has 0 aliphatic carbocycles. The zero-order chi connectivity index (χ0) is 14.4. The van der Waals surface area contributed by atoms with Gasteiger partial charge in [-0.15, -0.1) is 0 Å². The van der Waals surface area contributed by atoms with Crippen LogP contribution in [0.2, 0.25) is 0 Å². The first-order valence-electron chi connectivity index (χ1n) is 7.94. The molecule has 2 atom stereocenters. The van der Waals surface area contributed by atoms with Crippen molar-refractivity contribution in [2.75, 3.05) is 19.6 Å². The monoisotopic (exact) mass is 338 g/mol. The highest BCUT2D eigenvalue weighted by molar-refractivity contribution is 9.10. The van der Waals surface area contributed by atoms with Crippen LogP contribution >= 0.6 is 15.9 Å². The second kappa shape index (κ2) is 8.16. The molecule has 1 saturated heterocycles. The first kappa shape index (κ1) is 16.0. The van der Waals surface area contributed by atoms with Gasteiger partial charge in [0, 0.05) is 17.1 Å². The van der Waals surface area contributed by atoms with Gasteiger partial charge in [-0.1, -0.05) is 47.8 Å².